The van der Waals surface area contributed by atoms with Crippen molar-refractivity contribution >= 4 is 23.2 Å². The number of nitrogens with one attached hydrogen (secondary N) is 1. The summed E-state index contributed by atoms with van der Waals surface area (Å²) in [5, 5.41) is 5.06. The Morgan fingerprint density at radius 2 is 1.74 bits per heavy atom. The van der Waals surface area contributed by atoms with Crippen LogP contribution in [0.25, 0.3) is 0 Å². The molecule has 2 fully saturated rings. The summed E-state index contributed by atoms with van der Waals surface area (Å²) in [6.45, 7) is 4.29. The lowest BCUT2D eigenvalue weighted by Crippen LogP contribution is -2.48. The Bertz CT molecular complexity index is 420. The van der Waals surface area contributed by atoms with Crippen LogP contribution in [0, 0.1) is 5.92 Å². The van der Waals surface area contributed by atoms with Gasteiger partial charge in [-0.2, -0.15) is 0 Å². The fraction of sp³-hybridized carbons (Fsp3) is 0.600. The number of piperazine rings is 1. The van der Waals surface area contributed by atoms with Crippen LogP contribution in [0.4, 0.5) is 0 Å². The summed E-state index contributed by atoms with van der Waals surface area (Å²) in [6, 6.07) is 6.27. The van der Waals surface area contributed by atoms with E-state index in [0.717, 1.165) is 47.7 Å². The first-order valence-electron chi connectivity index (χ1n) is 7.16. The number of benzene rings is 1. The Kier molecular flexibility index (Phi) is 4.33. The zero-order valence-electron chi connectivity index (χ0n) is 11.0. The van der Waals surface area contributed by atoms with Crippen LogP contribution in [-0.2, 0) is 0 Å². The molecule has 1 atom stereocenters. The van der Waals surface area contributed by atoms with Gasteiger partial charge in [-0.05, 0) is 30.9 Å². The Balaban J connectivity index is 1.93. The van der Waals surface area contributed by atoms with Crippen molar-refractivity contribution in [3.8, 4) is 0 Å². The second kappa shape index (κ2) is 6.01. The van der Waals surface area contributed by atoms with Crippen LogP contribution < -0.4 is 5.32 Å². The highest BCUT2D eigenvalue weighted by molar-refractivity contribution is 6.36. The van der Waals surface area contributed by atoms with Crippen molar-refractivity contribution in [2.24, 2.45) is 5.92 Å². The lowest BCUT2D eigenvalue weighted by molar-refractivity contribution is 0.0838. The molecule has 3 rings (SSSR count). The number of rotatable bonds is 3. The molecule has 1 aliphatic carbocycles. The predicted octanol–water partition coefficient (Wildman–Crippen LogP) is 3.74. The first kappa shape index (κ1) is 13.7. The molecule has 104 valence electrons. The zero-order chi connectivity index (χ0) is 13.2. The third-order valence-electron chi connectivity index (χ3n) is 4.44. The molecule has 0 amide bonds. The number of nitrogens with zero attached hydrogens (tertiary/aromatic N) is 1. The maximum atomic E-state index is 6.44. The fourth-order valence-corrected chi connectivity index (χ4v) is 3.85. The van der Waals surface area contributed by atoms with Gasteiger partial charge in [0.15, 0.2) is 0 Å². The van der Waals surface area contributed by atoms with E-state index in [4.69, 9.17) is 23.2 Å². The maximum absolute atomic E-state index is 6.44. The second-order valence-electron chi connectivity index (χ2n) is 5.56. The number of halogens is 2. The zero-order valence-corrected chi connectivity index (χ0v) is 12.6. The minimum atomic E-state index is 0.400. The van der Waals surface area contributed by atoms with Crippen molar-refractivity contribution in [1.82, 2.24) is 10.2 Å². The summed E-state index contributed by atoms with van der Waals surface area (Å²) in [7, 11) is 0. The van der Waals surface area contributed by atoms with Crippen molar-refractivity contribution in [3.63, 3.8) is 0 Å². The van der Waals surface area contributed by atoms with Crippen LogP contribution >= 0.6 is 23.2 Å². The summed E-state index contributed by atoms with van der Waals surface area (Å²) in [6.07, 6.45) is 3.95. The van der Waals surface area contributed by atoms with Crippen molar-refractivity contribution in [2.45, 2.75) is 25.3 Å². The first-order chi connectivity index (χ1) is 9.27. The van der Waals surface area contributed by atoms with E-state index in [9.17, 15) is 0 Å². The van der Waals surface area contributed by atoms with Crippen molar-refractivity contribution in [2.75, 3.05) is 26.2 Å². The minimum Gasteiger partial charge on any atom is -0.314 e. The average molecular weight is 299 g/mol. The Morgan fingerprint density at radius 1 is 1.11 bits per heavy atom. The molecule has 0 unspecified atom stereocenters. The van der Waals surface area contributed by atoms with Gasteiger partial charge in [-0.15, -0.1) is 0 Å². The first-order valence-corrected chi connectivity index (χ1v) is 7.91. The normalized spacial score (nSPS) is 23.1. The molecule has 1 N–H and O–H groups in total. The van der Waals surface area contributed by atoms with E-state index in [-0.39, 0.29) is 0 Å². The van der Waals surface area contributed by atoms with Gasteiger partial charge >= 0.3 is 0 Å². The summed E-state index contributed by atoms with van der Waals surface area (Å²) in [4.78, 5) is 2.56. The van der Waals surface area contributed by atoms with Crippen LogP contribution in [0.5, 0.6) is 0 Å². The predicted molar refractivity (Wildman–Crippen MR) is 81.0 cm³/mol. The molecule has 4 heteroatoms. The van der Waals surface area contributed by atoms with Gasteiger partial charge < -0.3 is 5.32 Å². The van der Waals surface area contributed by atoms with E-state index >= 15 is 0 Å². The smallest absolute Gasteiger partial charge is 0.0468 e. The molecular weight excluding hydrogens is 279 g/mol. The number of hydrogen-bond donors (Lipinski definition) is 1. The molecule has 2 aliphatic rings. The lowest BCUT2D eigenvalue weighted by Gasteiger charge is -2.43. The van der Waals surface area contributed by atoms with Gasteiger partial charge in [0.1, 0.15) is 0 Å². The molecule has 1 aromatic rings. The van der Waals surface area contributed by atoms with Gasteiger partial charge in [-0.25, -0.2) is 0 Å². The molecule has 0 radical (unpaired) electrons. The highest BCUT2D eigenvalue weighted by Gasteiger charge is 2.35. The Labute approximate surface area is 125 Å². The molecule has 1 aromatic carbocycles. The largest absolute Gasteiger partial charge is 0.314 e. The van der Waals surface area contributed by atoms with E-state index in [1.165, 1.54) is 19.3 Å². The van der Waals surface area contributed by atoms with Gasteiger partial charge in [-0.1, -0.05) is 35.7 Å². The molecular formula is C15H20Cl2N2. The van der Waals surface area contributed by atoms with Crippen molar-refractivity contribution in [3.05, 3.63) is 33.8 Å². The van der Waals surface area contributed by atoms with Gasteiger partial charge in [0.2, 0.25) is 0 Å². The van der Waals surface area contributed by atoms with Crippen LogP contribution in [0.1, 0.15) is 30.9 Å². The Hall–Kier alpha value is -0.280. The minimum absolute atomic E-state index is 0.400. The Morgan fingerprint density at radius 3 is 2.26 bits per heavy atom. The van der Waals surface area contributed by atoms with Crippen LogP contribution in [0.2, 0.25) is 10.0 Å². The highest BCUT2D eigenvalue weighted by Crippen LogP contribution is 2.45. The van der Waals surface area contributed by atoms with E-state index in [1.807, 2.05) is 18.2 Å². The maximum Gasteiger partial charge on any atom is 0.0468 e. The van der Waals surface area contributed by atoms with Crippen molar-refractivity contribution in [1.29, 1.82) is 0 Å². The third kappa shape index (κ3) is 2.78. The average Bonchev–Trinajstić information content (AvgIpc) is 2.36. The van der Waals surface area contributed by atoms with Crippen LogP contribution in [0.15, 0.2) is 18.2 Å². The molecule has 0 spiro atoms. The molecule has 1 saturated heterocycles. The second-order valence-corrected chi connectivity index (χ2v) is 6.37. The summed E-state index contributed by atoms with van der Waals surface area (Å²) >= 11 is 12.9. The quantitative estimate of drug-likeness (QED) is 0.914. The lowest BCUT2D eigenvalue weighted by atomic mass is 9.76. The highest BCUT2D eigenvalue weighted by atomic mass is 35.5. The van der Waals surface area contributed by atoms with Crippen molar-refractivity contribution < 1.29 is 0 Å². The molecule has 1 saturated carbocycles. The molecule has 1 heterocycles. The monoisotopic (exact) mass is 298 g/mol. The molecule has 0 bridgehead atoms. The molecule has 1 aliphatic heterocycles. The van der Waals surface area contributed by atoms with E-state index in [0.29, 0.717) is 6.04 Å². The molecule has 19 heavy (non-hydrogen) atoms. The van der Waals surface area contributed by atoms with Gasteiger partial charge in [0.25, 0.3) is 0 Å². The van der Waals surface area contributed by atoms with E-state index in [2.05, 4.69) is 10.2 Å². The molecule has 2 nitrogen and oxygen atoms in total. The SMILES string of the molecule is Clc1cccc(Cl)c1[C@H](C1CCC1)N1CCNCC1. The standard InChI is InChI=1S/C15H20Cl2N2/c16-12-5-2-6-13(17)14(12)15(11-3-1-4-11)19-9-7-18-8-10-19/h2,5-6,11,15,18H,1,3-4,7-10H2/t15-/m0/s1. The summed E-state index contributed by atoms with van der Waals surface area (Å²) in [5.41, 5.74) is 1.15. The third-order valence-corrected chi connectivity index (χ3v) is 5.10. The number of hydrogen-bond acceptors (Lipinski definition) is 2. The van der Waals surface area contributed by atoms with E-state index < -0.39 is 0 Å². The van der Waals surface area contributed by atoms with Crippen LogP contribution in [-0.4, -0.2) is 31.1 Å². The summed E-state index contributed by atoms with van der Waals surface area (Å²) in [5.74, 6) is 0.718. The van der Waals surface area contributed by atoms with Gasteiger partial charge in [0, 0.05) is 47.8 Å². The van der Waals surface area contributed by atoms with E-state index in [1.54, 1.807) is 0 Å². The summed E-state index contributed by atoms with van der Waals surface area (Å²) < 4.78 is 0. The van der Waals surface area contributed by atoms with Crippen LogP contribution in [0.3, 0.4) is 0 Å². The molecule has 0 aromatic heterocycles. The van der Waals surface area contributed by atoms with Gasteiger partial charge in [-0.3, -0.25) is 4.90 Å². The van der Waals surface area contributed by atoms with Gasteiger partial charge in [0.05, 0.1) is 0 Å². The fourth-order valence-electron chi connectivity index (χ4n) is 3.23. The topological polar surface area (TPSA) is 15.3 Å².